The zero-order chi connectivity index (χ0) is 20.9. The Bertz CT molecular complexity index is 1270. The van der Waals surface area contributed by atoms with Crippen molar-refractivity contribution in [2.75, 3.05) is 5.73 Å². The van der Waals surface area contributed by atoms with E-state index in [1.807, 2.05) is 66.0 Å². The zero-order valence-electron chi connectivity index (χ0n) is 15.7. The third kappa shape index (κ3) is 3.90. The first-order valence-electron chi connectivity index (χ1n) is 9.03. The van der Waals surface area contributed by atoms with Crippen LogP contribution in [0.15, 0.2) is 71.1 Å². The molecule has 0 fully saturated rings. The molecule has 4 rings (SSSR count). The number of nitrogen functional groups attached to an aromatic ring is 1. The summed E-state index contributed by atoms with van der Waals surface area (Å²) in [5, 5.41) is 22.9. The van der Waals surface area contributed by atoms with Crippen molar-refractivity contribution in [3.05, 3.63) is 82.2 Å². The summed E-state index contributed by atoms with van der Waals surface area (Å²) in [6.07, 6.45) is 0. The molecule has 0 spiro atoms. The van der Waals surface area contributed by atoms with Gasteiger partial charge in [0.1, 0.15) is 33.6 Å². The van der Waals surface area contributed by atoms with E-state index in [1.54, 1.807) is 11.3 Å². The number of hydrogen-bond acceptors (Lipinski definition) is 7. The van der Waals surface area contributed by atoms with E-state index in [0.29, 0.717) is 21.9 Å². The van der Waals surface area contributed by atoms with Gasteiger partial charge in [-0.1, -0.05) is 72.4 Å². The minimum absolute atomic E-state index is 0.127. The van der Waals surface area contributed by atoms with E-state index in [2.05, 4.69) is 17.1 Å². The average Bonchev–Trinajstić information content (AvgIpc) is 3.27. The molecule has 2 N–H and O–H groups in total. The van der Waals surface area contributed by atoms with E-state index < -0.39 is 0 Å². The van der Waals surface area contributed by atoms with Crippen molar-refractivity contribution >= 4 is 28.9 Å². The number of benzene rings is 2. The Morgan fingerprint density at radius 3 is 2.13 bits per heavy atom. The molecule has 144 valence electrons. The highest BCUT2D eigenvalue weighted by Crippen LogP contribution is 2.37. The smallest absolute Gasteiger partial charge is 0.143 e. The largest absolute Gasteiger partial charge is 0.383 e. The van der Waals surface area contributed by atoms with E-state index in [0.717, 1.165) is 21.8 Å². The van der Waals surface area contributed by atoms with Gasteiger partial charge in [0, 0.05) is 16.5 Å². The quantitative estimate of drug-likeness (QED) is 0.424. The van der Waals surface area contributed by atoms with E-state index >= 15 is 0 Å². The number of aromatic nitrogens is 2. The second kappa shape index (κ2) is 8.79. The van der Waals surface area contributed by atoms with Crippen LogP contribution in [0.3, 0.4) is 0 Å². The van der Waals surface area contributed by atoms with Gasteiger partial charge < -0.3 is 5.73 Å². The molecule has 2 aromatic carbocycles. The Kier molecular flexibility index (Phi) is 5.76. The van der Waals surface area contributed by atoms with E-state index in [9.17, 15) is 10.5 Å². The number of nitriles is 2. The summed E-state index contributed by atoms with van der Waals surface area (Å²) in [5.41, 5.74) is 9.94. The van der Waals surface area contributed by atoms with Crippen LogP contribution < -0.4 is 5.73 Å². The number of nitrogens with zero attached hydrogens (tertiary/aromatic N) is 4. The summed E-state index contributed by atoms with van der Waals surface area (Å²) >= 11 is 2.96. The number of pyridine rings is 1. The average molecular weight is 426 g/mol. The lowest BCUT2D eigenvalue weighted by molar-refractivity contribution is 1.11. The summed E-state index contributed by atoms with van der Waals surface area (Å²) in [6.45, 7) is 0. The highest BCUT2D eigenvalue weighted by atomic mass is 32.2. The van der Waals surface area contributed by atoms with Crippen LogP contribution in [-0.4, -0.2) is 9.97 Å². The molecule has 0 radical (unpaired) electrons. The van der Waals surface area contributed by atoms with E-state index in [4.69, 9.17) is 10.7 Å². The van der Waals surface area contributed by atoms with Gasteiger partial charge in [-0.15, -0.1) is 11.3 Å². The van der Waals surface area contributed by atoms with Gasteiger partial charge in [0.25, 0.3) is 0 Å². The predicted molar refractivity (Wildman–Crippen MR) is 121 cm³/mol. The van der Waals surface area contributed by atoms with Crippen LogP contribution in [0.2, 0.25) is 0 Å². The van der Waals surface area contributed by atoms with Crippen molar-refractivity contribution in [3.63, 3.8) is 0 Å². The first-order chi connectivity index (χ1) is 14.7. The maximum Gasteiger partial charge on any atom is 0.143 e. The Morgan fingerprint density at radius 2 is 1.50 bits per heavy atom. The third-order valence-electron chi connectivity index (χ3n) is 4.43. The number of thiazole rings is 1. The molecule has 2 heterocycles. The fraction of sp³-hybridized carbons (Fsp3) is 0.0435. The monoisotopic (exact) mass is 425 g/mol. The lowest BCUT2D eigenvalue weighted by atomic mass is 9.97. The topological polar surface area (TPSA) is 99.4 Å². The van der Waals surface area contributed by atoms with E-state index in [-0.39, 0.29) is 11.4 Å². The summed E-state index contributed by atoms with van der Waals surface area (Å²) in [5.74, 6) is 0.681. The first-order valence-corrected chi connectivity index (χ1v) is 10.9. The maximum absolute atomic E-state index is 9.85. The minimum Gasteiger partial charge on any atom is -0.383 e. The molecule has 30 heavy (non-hydrogen) atoms. The van der Waals surface area contributed by atoms with Crippen LogP contribution in [0.5, 0.6) is 0 Å². The first kappa shape index (κ1) is 19.7. The molecule has 0 saturated carbocycles. The summed E-state index contributed by atoms with van der Waals surface area (Å²) in [4.78, 5) is 9.04. The van der Waals surface area contributed by atoms with Crippen molar-refractivity contribution in [2.45, 2.75) is 10.8 Å². The number of anilines is 1. The lowest BCUT2D eigenvalue weighted by Gasteiger charge is -2.12. The van der Waals surface area contributed by atoms with Gasteiger partial charge in [0.15, 0.2) is 0 Å². The van der Waals surface area contributed by atoms with Gasteiger partial charge in [-0.2, -0.15) is 10.5 Å². The number of nitrogens with two attached hydrogens (primary N) is 1. The van der Waals surface area contributed by atoms with E-state index in [1.165, 1.54) is 11.8 Å². The number of rotatable bonds is 5. The highest BCUT2D eigenvalue weighted by molar-refractivity contribution is 7.98. The maximum atomic E-state index is 9.85. The number of hydrogen-bond donors (Lipinski definition) is 1. The van der Waals surface area contributed by atoms with Gasteiger partial charge in [0.2, 0.25) is 0 Å². The molecule has 0 amide bonds. The van der Waals surface area contributed by atoms with Crippen molar-refractivity contribution in [2.24, 2.45) is 0 Å². The fourth-order valence-corrected chi connectivity index (χ4v) is 4.86. The zero-order valence-corrected chi connectivity index (χ0v) is 17.4. The van der Waals surface area contributed by atoms with Crippen molar-refractivity contribution in [1.29, 1.82) is 10.5 Å². The van der Waals surface area contributed by atoms with Gasteiger partial charge in [0.05, 0.1) is 17.0 Å². The van der Waals surface area contributed by atoms with Crippen molar-refractivity contribution in [3.8, 4) is 34.5 Å². The molecule has 0 saturated heterocycles. The van der Waals surface area contributed by atoms with Gasteiger partial charge in [-0.3, -0.25) is 0 Å². The molecule has 0 bridgehead atoms. The Labute approximate surface area is 182 Å². The van der Waals surface area contributed by atoms with Crippen LogP contribution in [-0.2, 0) is 5.75 Å². The molecule has 0 atom stereocenters. The molecular weight excluding hydrogens is 410 g/mol. The Balaban J connectivity index is 1.67. The van der Waals surface area contributed by atoms with Gasteiger partial charge in [-0.05, 0) is 5.56 Å². The summed E-state index contributed by atoms with van der Waals surface area (Å²) < 4.78 is 0. The van der Waals surface area contributed by atoms with Gasteiger partial charge >= 0.3 is 0 Å². The van der Waals surface area contributed by atoms with Crippen LogP contribution in [0.4, 0.5) is 5.82 Å². The number of thioether (sulfide) groups is 1. The Hall–Kier alpha value is -3.65. The second-order valence-electron chi connectivity index (χ2n) is 6.30. The van der Waals surface area contributed by atoms with Gasteiger partial charge in [-0.25, -0.2) is 9.97 Å². The lowest BCUT2D eigenvalue weighted by Crippen LogP contribution is -2.03. The molecule has 0 aliphatic rings. The van der Waals surface area contributed by atoms with Crippen molar-refractivity contribution < 1.29 is 0 Å². The molecule has 0 aliphatic heterocycles. The van der Waals surface area contributed by atoms with Crippen LogP contribution in [0.25, 0.3) is 22.4 Å². The SMILES string of the molecule is N#Cc1c(N)nc(SCc2nc(-c3ccccc3)cs2)c(C#N)c1-c1ccccc1. The molecule has 5 nitrogen and oxygen atoms in total. The summed E-state index contributed by atoms with van der Waals surface area (Å²) in [6, 6.07) is 23.6. The molecule has 4 aromatic rings. The normalized spacial score (nSPS) is 10.3. The molecule has 0 unspecified atom stereocenters. The van der Waals surface area contributed by atoms with Crippen LogP contribution in [0.1, 0.15) is 16.1 Å². The molecule has 2 aromatic heterocycles. The second-order valence-corrected chi connectivity index (χ2v) is 8.20. The molecule has 7 heteroatoms. The van der Waals surface area contributed by atoms with Crippen molar-refractivity contribution in [1.82, 2.24) is 9.97 Å². The molecule has 0 aliphatic carbocycles. The fourth-order valence-electron chi connectivity index (χ4n) is 3.04. The third-order valence-corrected chi connectivity index (χ3v) is 6.45. The highest BCUT2D eigenvalue weighted by Gasteiger charge is 2.20. The standard InChI is InChI=1S/C23H15N5S2/c24-11-17-21(16-9-5-2-6-10-16)18(12-25)23(28-22(17)26)30-14-20-27-19(13-29-20)15-7-3-1-4-8-15/h1-10,13H,14H2,(H2,26,28). The molecular formula is C23H15N5S2. The predicted octanol–water partition coefficient (Wildman–Crippen LogP) is 5.49. The van der Waals surface area contributed by atoms with Crippen LogP contribution in [0, 0.1) is 22.7 Å². The Morgan fingerprint density at radius 1 is 0.867 bits per heavy atom. The van der Waals surface area contributed by atoms with Crippen LogP contribution >= 0.6 is 23.1 Å². The summed E-state index contributed by atoms with van der Waals surface area (Å²) in [7, 11) is 0. The minimum atomic E-state index is 0.127.